The topological polar surface area (TPSA) is 154 Å². The fourth-order valence-corrected chi connectivity index (χ4v) is 4.08. The molecule has 5 amide bonds. The van der Waals surface area contributed by atoms with Gasteiger partial charge in [-0.1, -0.05) is 6.07 Å². The van der Waals surface area contributed by atoms with Gasteiger partial charge < -0.3 is 20.3 Å². The van der Waals surface area contributed by atoms with E-state index in [1.807, 2.05) is 0 Å². The number of likely N-dealkylation sites (N-methyl/N-ethyl adjacent to an activating group) is 1. The molecule has 1 aromatic rings. The number of hydrogen-bond donors (Lipinski definition) is 3. The predicted molar refractivity (Wildman–Crippen MR) is 123 cm³/mol. The van der Waals surface area contributed by atoms with Gasteiger partial charge in [-0.3, -0.25) is 14.5 Å². The number of nitrogens with one attached hydrogen (secondary N) is 3. The number of carbonyl (C=O) groups excluding carboxylic acids is 4. The molecule has 0 aromatic heterocycles. The highest BCUT2D eigenvalue weighted by molar-refractivity contribution is 7.89. The van der Waals surface area contributed by atoms with Gasteiger partial charge in [0.15, 0.2) is 0 Å². The Balaban J connectivity index is 1.81. The number of anilines is 1. The molecule has 0 spiro atoms. The first-order chi connectivity index (χ1) is 15.8. The Bertz CT molecular complexity index is 1040. The molecule has 188 valence electrons. The molecule has 12 nitrogen and oxygen atoms in total. The van der Waals surface area contributed by atoms with Crippen molar-refractivity contribution in [2.75, 3.05) is 38.5 Å². The number of amides is 5. The number of ether oxygens (including phenoxy) is 1. The lowest BCUT2D eigenvalue weighted by atomic mass is 10.2. The number of hydrogen-bond acceptors (Lipinski definition) is 7. The normalized spacial score (nSPS) is 14.4. The first kappa shape index (κ1) is 27.1. The Morgan fingerprint density at radius 1 is 1.15 bits per heavy atom. The zero-order chi connectivity index (χ0) is 25.5. The van der Waals surface area contributed by atoms with Crippen molar-refractivity contribution in [1.29, 1.82) is 0 Å². The summed E-state index contributed by atoms with van der Waals surface area (Å²) in [5, 5.41) is 5.07. The second-order valence-electron chi connectivity index (χ2n) is 8.69. The lowest BCUT2D eigenvalue weighted by Gasteiger charge is -2.19. The van der Waals surface area contributed by atoms with Gasteiger partial charge in [0, 0.05) is 38.8 Å². The molecular formula is C21H31N5O7S. The van der Waals surface area contributed by atoms with Crippen LogP contribution in [0.1, 0.15) is 33.6 Å². The fraction of sp³-hybridized carbons (Fsp3) is 0.524. The first-order valence-electron chi connectivity index (χ1n) is 10.7. The van der Waals surface area contributed by atoms with E-state index < -0.39 is 27.7 Å². The summed E-state index contributed by atoms with van der Waals surface area (Å²) >= 11 is 0. The maximum Gasteiger partial charge on any atom is 0.407 e. The van der Waals surface area contributed by atoms with Crippen molar-refractivity contribution in [3.63, 3.8) is 0 Å². The first-order valence-corrected chi connectivity index (χ1v) is 12.2. The van der Waals surface area contributed by atoms with Crippen LogP contribution in [0.15, 0.2) is 29.2 Å². The molecule has 1 aromatic carbocycles. The Morgan fingerprint density at radius 2 is 1.85 bits per heavy atom. The van der Waals surface area contributed by atoms with Crippen LogP contribution in [0.2, 0.25) is 0 Å². The molecule has 1 aliphatic rings. The summed E-state index contributed by atoms with van der Waals surface area (Å²) in [4.78, 5) is 49.8. The van der Waals surface area contributed by atoms with Crippen molar-refractivity contribution in [2.24, 2.45) is 0 Å². The van der Waals surface area contributed by atoms with Crippen LogP contribution < -0.4 is 15.4 Å². The molecule has 0 unspecified atom stereocenters. The summed E-state index contributed by atoms with van der Waals surface area (Å²) in [7, 11) is -2.35. The van der Waals surface area contributed by atoms with E-state index in [-0.39, 0.29) is 61.4 Å². The number of urea groups is 1. The highest BCUT2D eigenvalue weighted by atomic mass is 32.2. The number of nitrogens with zero attached hydrogens (tertiary/aromatic N) is 2. The van der Waals surface area contributed by atoms with Gasteiger partial charge in [-0.25, -0.2) is 22.7 Å². The summed E-state index contributed by atoms with van der Waals surface area (Å²) in [5.74, 6) is -0.684. The molecule has 0 bridgehead atoms. The highest BCUT2D eigenvalue weighted by Crippen LogP contribution is 2.16. The van der Waals surface area contributed by atoms with Crippen LogP contribution in [0.5, 0.6) is 0 Å². The third-order valence-corrected chi connectivity index (χ3v) is 5.99. The van der Waals surface area contributed by atoms with E-state index in [0.29, 0.717) is 0 Å². The minimum atomic E-state index is -3.88. The van der Waals surface area contributed by atoms with E-state index in [1.165, 1.54) is 30.1 Å². The number of sulfonamides is 1. The van der Waals surface area contributed by atoms with Crippen LogP contribution in [0, 0.1) is 0 Å². The third-order valence-electron chi connectivity index (χ3n) is 4.53. The SMILES string of the molecule is CN1CC(=O)N(CCCC(=O)Nc2cccc(S(=O)(=O)NCCNC(=O)OC(C)(C)C)c2)C1=O. The van der Waals surface area contributed by atoms with Crippen molar-refractivity contribution in [1.82, 2.24) is 19.8 Å². The largest absolute Gasteiger partial charge is 0.444 e. The molecule has 0 aliphatic carbocycles. The van der Waals surface area contributed by atoms with E-state index in [9.17, 15) is 27.6 Å². The van der Waals surface area contributed by atoms with Crippen molar-refractivity contribution >= 4 is 39.6 Å². The van der Waals surface area contributed by atoms with Gasteiger partial charge in [0.2, 0.25) is 21.8 Å². The third kappa shape index (κ3) is 8.30. The predicted octanol–water partition coefficient (Wildman–Crippen LogP) is 1.10. The average molecular weight is 498 g/mol. The number of alkyl carbamates (subject to hydrolysis) is 1. The molecule has 1 saturated heterocycles. The minimum absolute atomic E-state index is 0.0252. The summed E-state index contributed by atoms with van der Waals surface area (Å²) in [6.07, 6.45) is -0.324. The second-order valence-corrected chi connectivity index (χ2v) is 10.5. The van der Waals surface area contributed by atoms with Crippen LogP contribution in [-0.4, -0.2) is 81.0 Å². The van der Waals surface area contributed by atoms with E-state index in [0.717, 1.165) is 4.90 Å². The van der Waals surface area contributed by atoms with Crippen LogP contribution in [0.3, 0.4) is 0 Å². The number of benzene rings is 1. The van der Waals surface area contributed by atoms with Crippen molar-refractivity contribution in [3.05, 3.63) is 24.3 Å². The van der Waals surface area contributed by atoms with Crippen LogP contribution in [0.4, 0.5) is 15.3 Å². The molecule has 0 saturated carbocycles. The Labute approximate surface area is 199 Å². The Hall–Kier alpha value is -3.19. The second kappa shape index (κ2) is 11.3. The fourth-order valence-electron chi connectivity index (χ4n) is 3.00. The Morgan fingerprint density at radius 3 is 2.47 bits per heavy atom. The van der Waals surface area contributed by atoms with Gasteiger partial charge in [0.25, 0.3) is 0 Å². The molecule has 34 heavy (non-hydrogen) atoms. The van der Waals surface area contributed by atoms with Crippen molar-refractivity contribution < 1.29 is 32.3 Å². The quantitative estimate of drug-likeness (QED) is 0.323. The van der Waals surface area contributed by atoms with Gasteiger partial charge in [0.05, 0.1) is 4.90 Å². The standard InChI is InChI=1S/C21H31N5O7S/c1-21(2,3)33-19(29)22-10-11-23-34(31,32)16-8-5-7-15(13-16)24-17(27)9-6-12-26-18(28)14-25(4)20(26)30/h5,7-8,13,23H,6,9-12,14H2,1-4H3,(H,22,29)(H,24,27). The lowest BCUT2D eigenvalue weighted by molar-refractivity contribution is -0.125. The molecule has 2 rings (SSSR count). The molecule has 1 heterocycles. The summed E-state index contributed by atoms with van der Waals surface area (Å²) in [6.45, 7) is 5.28. The van der Waals surface area contributed by atoms with Gasteiger partial charge >= 0.3 is 12.1 Å². The van der Waals surface area contributed by atoms with Crippen molar-refractivity contribution in [3.8, 4) is 0 Å². The monoisotopic (exact) mass is 497 g/mol. The average Bonchev–Trinajstić information content (AvgIpc) is 2.96. The smallest absolute Gasteiger partial charge is 0.407 e. The molecule has 13 heteroatoms. The van der Waals surface area contributed by atoms with E-state index in [4.69, 9.17) is 4.74 Å². The molecule has 0 atom stereocenters. The van der Waals surface area contributed by atoms with Crippen LogP contribution in [-0.2, 0) is 24.3 Å². The highest BCUT2D eigenvalue weighted by Gasteiger charge is 2.32. The van der Waals surface area contributed by atoms with Crippen molar-refractivity contribution in [2.45, 2.75) is 44.1 Å². The van der Waals surface area contributed by atoms with E-state index in [2.05, 4.69) is 15.4 Å². The molecule has 3 N–H and O–H groups in total. The molecule has 0 radical (unpaired) electrons. The van der Waals surface area contributed by atoms with Gasteiger partial charge in [-0.2, -0.15) is 0 Å². The van der Waals surface area contributed by atoms with Gasteiger partial charge in [0.1, 0.15) is 12.1 Å². The zero-order valence-electron chi connectivity index (χ0n) is 19.7. The minimum Gasteiger partial charge on any atom is -0.444 e. The molecule has 1 fully saturated rings. The maximum atomic E-state index is 12.5. The van der Waals surface area contributed by atoms with Gasteiger partial charge in [-0.15, -0.1) is 0 Å². The van der Waals surface area contributed by atoms with Gasteiger partial charge in [-0.05, 0) is 45.4 Å². The maximum absolute atomic E-state index is 12.5. The van der Waals surface area contributed by atoms with Crippen LogP contribution >= 0.6 is 0 Å². The number of rotatable bonds is 10. The van der Waals surface area contributed by atoms with E-state index >= 15 is 0 Å². The number of imide groups is 1. The Kier molecular flexibility index (Phi) is 8.99. The van der Waals surface area contributed by atoms with E-state index in [1.54, 1.807) is 26.8 Å². The number of carbonyl (C=O) groups is 4. The summed E-state index contributed by atoms with van der Waals surface area (Å²) < 4.78 is 32.5. The lowest BCUT2D eigenvalue weighted by Crippen LogP contribution is -2.37. The molecular weight excluding hydrogens is 466 g/mol. The summed E-state index contributed by atoms with van der Waals surface area (Å²) in [6, 6.07) is 5.33. The summed E-state index contributed by atoms with van der Waals surface area (Å²) in [5.41, 5.74) is -0.374. The molecule has 1 aliphatic heterocycles. The van der Waals surface area contributed by atoms with Crippen LogP contribution in [0.25, 0.3) is 0 Å². The zero-order valence-corrected chi connectivity index (χ0v) is 20.5.